The molecule has 2 aromatic rings. The van der Waals surface area contributed by atoms with E-state index in [1.54, 1.807) is 12.1 Å². The first-order chi connectivity index (χ1) is 11.1. The van der Waals surface area contributed by atoms with Crippen LogP contribution >= 0.6 is 0 Å². The Morgan fingerprint density at radius 3 is 2.48 bits per heavy atom. The Morgan fingerprint density at radius 2 is 1.78 bits per heavy atom. The first-order valence-electron chi connectivity index (χ1n) is 7.23. The number of carbonyl (C=O) groups is 3. The van der Waals surface area contributed by atoms with E-state index in [0.717, 1.165) is 11.4 Å². The Bertz CT molecular complexity index is 793. The van der Waals surface area contributed by atoms with Gasteiger partial charge in [-0.3, -0.25) is 9.59 Å². The van der Waals surface area contributed by atoms with Gasteiger partial charge in [0.15, 0.2) is 0 Å². The number of aryl methyl sites for hydroxylation is 1. The van der Waals surface area contributed by atoms with Crippen LogP contribution in [0, 0.1) is 5.92 Å². The number of hydroxylamine groups is 2. The first-order valence-corrected chi connectivity index (χ1v) is 7.23. The van der Waals surface area contributed by atoms with Gasteiger partial charge in [0.2, 0.25) is 0 Å². The van der Waals surface area contributed by atoms with Crippen molar-refractivity contribution in [2.45, 2.75) is 19.3 Å². The van der Waals surface area contributed by atoms with Crippen molar-refractivity contribution in [3.05, 3.63) is 46.8 Å². The smallest absolute Gasteiger partial charge is 0.329 e. The summed E-state index contributed by atoms with van der Waals surface area (Å²) in [7, 11) is 0. The lowest BCUT2D eigenvalue weighted by Gasteiger charge is -2.20. The van der Waals surface area contributed by atoms with Crippen LogP contribution in [0.2, 0.25) is 0 Å². The Labute approximate surface area is 130 Å². The number of hydrogen-bond acceptors (Lipinski definition) is 6. The number of nitrogens with one attached hydrogen (secondary N) is 1. The van der Waals surface area contributed by atoms with Gasteiger partial charge in [-0.1, -0.05) is 17.2 Å². The highest BCUT2D eigenvalue weighted by Gasteiger charge is 2.40. The quantitative estimate of drug-likeness (QED) is 0.817. The summed E-state index contributed by atoms with van der Waals surface area (Å²) in [5.74, 6) is -2.28. The molecule has 1 N–H and O–H groups in total. The molecule has 1 unspecified atom stereocenters. The van der Waals surface area contributed by atoms with Crippen molar-refractivity contribution < 1.29 is 19.2 Å². The Balaban J connectivity index is 1.50. The van der Waals surface area contributed by atoms with Crippen LogP contribution in [0.5, 0.6) is 0 Å². The van der Waals surface area contributed by atoms with Gasteiger partial charge in [-0.15, -0.1) is 0 Å². The molecular formula is C15H12N4O4. The number of nitrogens with zero attached hydrogens (tertiary/aromatic N) is 3. The van der Waals surface area contributed by atoms with Gasteiger partial charge in [0, 0.05) is 6.42 Å². The first kappa shape index (κ1) is 13.6. The number of benzene rings is 1. The highest BCUT2D eigenvalue weighted by Crippen LogP contribution is 2.26. The van der Waals surface area contributed by atoms with Gasteiger partial charge in [0.25, 0.3) is 11.8 Å². The van der Waals surface area contributed by atoms with E-state index in [-0.39, 0.29) is 11.1 Å². The predicted molar refractivity (Wildman–Crippen MR) is 74.9 cm³/mol. The van der Waals surface area contributed by atoms with E-state index in [2.05, 4.69) is 15.4 Å². The minimum absolute atomic E-state index is 0.243. The number of H-pyrrole nitrogens is 1. The zero-order chi connectivity index (χ0) is 16.0. The van der Waals surface area contributed by atoms with Crippen LogP contribution in [-0.2, 0) is 22.5 Å². The van der Waals surface area contributed by atoms with E-state index in [4.69, 9.17) is 4.84 Å². The number of carbonyl (C=O) groups excluding carboxylic acids is 3. The molecule has 0 bridgehead atoms. The largest absolute Gasteiger partial charge is 0.336 e. The molecule has 116 valence electrons. The molecule has 1 aliphatic carbocycles. The SMILES string of the molecule is O=C(ON1C(=O)c2ccccc2C1=O)C1CCc2n[nH]nc2C1. The third-order valence-electron chi connectivity index (χ3n) is 4.14. The highest BCUT2D eigenvalue weighted by atomic mass is 16.7. The predicted octanol–water partition coefficient (Wildman–Crippen LogP) is 0.664. The minimum atomic E-state index is -0.614. The van der Waals surface area contributed by atoms with E-state index in [0.29, 0.717) is 24.3 Å². The summed E-state index contributed by atoms with van der Waals surface area (Å²) in [5, 5.41) is 11.1. The molecule has 0 spiro atoms. The number of hydrogen-bond donors (Lipinski definition) is 1. The van der Waals surface area contributed by atoms with E-state index in [1.165, 1.54) is 12.1 Å². The molecule has 1 atom stereocenters. The van der Waals surface area contributed by atoms with Crippen molar-refractivity contribution in [2.24, 2.45) is 5.92 Å². The third-order valence-corrected chi connectivity index (χ3v) is 4.14. The van der Waals surface area contributed by atoms with Crippen LogP contribution < -0.4 is 0 Å². The Kier molecular flexibility index (Phi) is 2.97. The molecule has 0 saturated carbocycles. The van der Waals surface area contributed by atoms with Crippen LogP contribution in [0.25, 0.3) is 0 Å². The molecule has 2 amide bonds. The molecule has 2 heterocycles. The monoisotopic (exact) mass is 312 g/mol. The standard InChI is InChI=1S/C15H12N4O4/c20-13-9-3-1-2-4-10(9)14(21)19(13)23-15(22)8-5-6-11-12(7-8)17-18-16-11/h1-4,8H,5-7H2,(H,16,17,18). The molecule has 0 radical (unpaired) electrons. The molecule has 2 aliphatic rings. The van der Waals surface area contributed by atoms with Crippen molar-refractivity contribution in [1.82, 2.24) is 20.5 Å². The molecule has 0 saturated heterocycles. The number of rotatable bonds is 2. The van der Waals surface area contributed by atoms with Gasteiger partial charge in [-0.2, -0.15) is 15.4 Å². The normalized spacial score (nSPS) is 19.5. The van der Waals surface area contributed by atoms with Crippen molar-refractivity contribution in [3.63, 3.8) is 0 Å². The lowest BCUT2D eigenvalue weighted by Crippen LogP contribution is -2.36. The van der Waals surface area contributed by atoms with Gasteiger partial charge in [0.05, 0.1) is 28.4 Å². The fraction of sp³-hybridized carbons (Fsp3) is 0.267. The maximum Gasteiger partial charge on any atom is 0.336 e. The summed E-state index contributed by atoms with van der Waals surface area (Å²) in [4.78, 5) is 41.8. The summed E-state index contributed by atoms with van der Waals surface area (Å²) in [6, 6.07) is 6.38. The van der Waals surface area contributed by atoms with Crippen LogP contribution in [0.3, 0.4) is 0 Å². The number of fused-ring (bicyclic) bond motifs is 2. The molecule has 1 aromatic heterocycles. The van der Waals surface area contributed by atoms with Gasteiger partial charge in [-0.05, 0) is 25.0 Å². The molecule has 8 heteroatoms. The molecular weight excluding hydrogens is 300 g/mol. The van der Waals surface area contributed by atoms with Gasteiger partial charge in [-0.25, -0.2) is 4.79 Å². The summed E-state index contributed by atoms with van der Waals surface area (Å²) in [6.07, 6.45) is 1.53. The second-order valence-corrected chi connectivity index (χ2v) is 5.52. The minimum Gasteiger partial charge on any atom is -0.329 e. The zero-order valence-electron chi connectivity index (χ0n) is 12.0. The fourth-order valence-electron chi connectivity index (χ4n) is 2.90. The summed E-state index contributed by atoms with van der Waals surface area (Å²) in [5.41, 5.74) is 2.05. The van der Waals surface area contributed by atoms with E-state index in [9.17, 15) is 14.4 Å². The van der Waals surface area contributed by atoms with Crippen LogP contribution in [-0.4, -0.2) is 38.3 Å². The zero-order valence-corrected chi connectivity index (χ0v) is 12.0. The molecule has 4 rings (SSSR count). The van der Waals surface area contributed by atoms with E-state index >= 15 is 0 Å². The average Bonchev–Trinajstić information content (AvgIpc) is 3.13. The maximum absolute atomic E-state index is 12.3. The Morgan fingerprint density at radius 1 is 1.13 bits per heavy atom. The number of aromatic amines is 1. The number of aromatic nitrogens is 3. The fourth-order valence-corrected chi connectivity index (χ4v) is 2.90. The molecule has 8 nitrogen and oxygen atoms in total. The summed E-state index contributed by atoms with van der Waals surface area (Å²) >= 11 is 0. The second-order valence-electron chi connectivity index (χ2n) is 5.52. The molecule has 1 aromatic carbocycles. The average molecular weight is 312 g/mol. The summed E-state index contributed by atoms with van der Waals surface area (Å²) in [6.45, 7) is 0. The van der Waals surface area contributed by atoms with Gasteiger partial charge < -0.3 is 4.84 Å². The number of amides is 2. The third kappa shape index (κ3) is 2.10. The van der Waals surface area contributed by atoms with Gasteiger partial charge in [0.1, 0.15) is 0 Å². The van der Waals surface area contributed by atoms with E-state index < -0.39 is 23.7 Å². The van der Waals surface area contributed by atoms with Crippen LogP contribution in [0.15, 0.2) is 24.3 Å². The topological polar surface area (TPSA) is 105 Å². The molecule has 0 fully saturated rings. The summed E-state index contributed by atoms with van der Waals surface area (Å²) < 4.78 is 0. The highest BCUT2D eigenvalue weighted by molar-refractivity contribution is 6.20. The molecule has 23 heavy (non-hydrogen) atoms. The van der Waals surface area contributed by atoms with Crippen molar-refractivity contribution in [1.29, 1.82) is 0 Å². The van der Waals surface area contributed by atoms with Crippen LogP contribution in [0.4, 0.5) is 0 Å². The lowest BCUT2D eigenvalue weighted by atomic mass is 9.90. The number of imide groups is 1. The lowest BCUT2D eigenvalue weighted by molar-refractivity contribution is -0.174. The van der Waals surface area contributed by atoms with Crippen LogP contribution in [0.1, 0.15) is 38.5 Å². The van der Waals surface area contributed by atoms with Crippen molar-refractivity contribution >= 4 is 17.8 Å². The van der Waals surface area contributed by atoms with Crippen molar-refractivity contribution in [3.8, 4) is 0 Å². The second kappa shape index (κ2) is 5.01. The Hall–Kier alpha value is -3.03. The maximum atomic E-state index is 12.3. The van der Waals surface area contributed by atoms with Crippen molar-refractivity contribution in [2.75, 3.05) is 0 Å². The molecule has 1 aliphatic heterocycles. The van der Waals surface area contributed by atoms with Gasteiger partial charge >= 0.3 is 5.97 Å². The van der Waals surface area contributed by atoms with E-state index in [1.807, 2.05) is 0 Å².